The van der Waals surface area contributed by atoms with Crippen LogP contribution in [-0.2, 0) is 9.59 Å². The van der Waals surface area contributed by atoms with Crippen LogP contribution in [0.4, 0.5) is 0 Å². The van der Waals surface area contributed by atoms with Gasteiger partial charge in [-0.3, -0.25) is 14.5 Å². The highest BCUT2D eigenvalue weighted by Crippen LogP contribution is 2.43. The van der Waals surface area contributed by atoms with Gasteiger partial charge in [-0.05, 0) is 31.1 Å². The Hall–Kier alpha value is -0.570. The van der Waals surface area contributed by atoms with Crippen molar-refractivity contribution in [1.82, 2.24) is 4.90 Å². The molecule has 4 atom stereocenters. The van der Waals surface area contributed by atoms with Crippen molar-refractivity contribution in [2.24, 2.45) is 23.7 Å². The monoisotopic (exact) mass is 255 g/mol. The molecule has 2 aliphatic carbocycles. The second-order valence-corrected chi connectivity index (χ2v) is 6.00. The topological polar surface area (TPSA) is 37.4 Å². The molecular weight excluding hydrogens is 238 g/mol. The molecule has 3 rings (SSSR count). The SMILES string of the molecule is O=C1C2CCCCC2C(=O)N1CC1CC1CCl. The number of fused-ring (bicyclic) bond motifs is 1. The minimum Gasteiger partial charge on any atom is -0.282 e. The summed E-state index contributed by atoms with van der Waals surface area (Å²) >= 11 is 5.79. The van der Waals surface area contributed by atoms with Crippen molar-refractivity contribution in [3.63, 3.8) is 0 Å². The smallest absolute Gasteiger partial charge is 0.233 e. The second-order valence-electron chi connectivity index (χ2n) is 5.69. The van der Waals surface area contributed by atoms with Crippen molar-refractivity contribution in [3.05, 3.63) is 0 Å². The van der Waals surface area contributed by atoms with Gasteiger partial charge in [-0.25, -0.2) is 0 Å². The molecule has 4 unspecified atom stereocenters. The summed E-state index contributed by atoms with van der Waals surface area (Å²) in [6.45, 7) is 0.627. The first-order valence-corrected chi connectivity index (χ1v) is 7.17. The number of amides is 2. The maximum atomic E-state index is 12.2. The molecule has 0 aromatic heterocycles. The Morgan fingerprint density at radius 2 is 1.65 bits per heavy atom. The molecule has 3 nitrogen and oxygen atoms in total. The lowest BCUT2D eigenvalue weighted by Crippen LogP contribution is -2.33. The Morgan fingerprint density at radius 1 is 1.06 bits per heavy atom. The third kappa shape index (κ3) is 1.88. The van der Waals surface area contributed by atoms with Crippen molar-refractivity contribution in [3.8, 4) is 0 Å². The predicted octanol–water partition coefficient (Wildman–Crippen LogP) is 2.04. The average Bonchev–Trinajstić information content (AvgIpc) is 3.08. The predicted molar refractivity (Wildman–Crippen MR) is 64.5 cm³/mol. The van der Waals surface area contributed by atoms with E-state index in [4.69, 9.17) is 11.6 Å². The molecule has 0 radical (unpaired) electrons. The van der Waals surface area contributed by atoms with E-state index in [0.29, 0.717) is 24.3 Å². The van der Waals surface area contributed by atoms with E-state index < -0.39 is 0 Å². The minimum atomic E-state index is 0.00412. The molecule has 0 N–H and O–H groups in total. The molecule has 94 valence electrons. The summed E-state index contributed by atoms with van der Waals surface area (Å²) in [5, 5.41) is 0. The van der Waals surface area contributed by atoms with Crippen LogP contribution in [0.15, 0.2) is 0 Å². The number of carbonyl (C=O) groups is 2. The molecule has 4 heteroatoms. The van der Waals surface area contributed by atoms with Crippen molar-refractivity contribution < 1.29 is 9.59 Å². The molecule has 1 saturated heterocycles. The highest BCUT2D eigenvalue weighted by atomic mass is 35.5. The summed E-state index contributed by atoms with van der Waals surface area (Å²) in [5.41, 5.74) is 0. The number of nitrogens with zero attached hydrogens (tertiary/aromatic N) is 1. The Kier molecular flexibility index (Phi) is 2.89. The van der Waals surface area contributed by atoms with Gasteiger partial charge in [0.25, 0.3) is 0 Å². The average molecular weight is 256 g/mol. The number of rotatable bonds is 3. The van der Waals surface area contributed by atoms with Crippen molar-refractivity contribution in [1.29, 1.82) is 0 Å². The molecule has 17 heavy (non-hydrogen) atoms. The molecule has 1 heterocycles. The third-order valence-corrected chi connectivity index (χ3v) is 5.01. The Balaban J connectivity index is 1.68. The first-order chi connectivity index (χ1) is 8.22. The quantitative estimate of drug-likeness (QED) is 0.572. The minimum absolute atomic E-state index is 0.00412. The van der Waals surface area contributed by atoms with Crippen LogP contribution in [-0.4, -0.2) is 29.1 Å². The van der Waals surface area contributed by atoms with Gasteiger partial charge in [0.1, 0.15) is 0 Å². The van der Waals surface area contributed by atoms with E-state index in [2.05, 4.69) is 0 Å². The van der Waals surface area contributed by atoms with Crippen LogP contribution >= 0.6 is 11.6 Å². The normalized spacial score (nSPS) is 40.6. The van der Waals surface area contributed by atoms with Crippen molar-refractivity contribution in [2.75, 3.05) is 12.4 Å². The molecule has 0 aromatic carbocycles. The summed E-state index contributed by atoms with van der Waals surface area (Å²) in [5.74, 6) is 1.86. The fraction of sp³-hybridized carbons (Fsp3) is 0.846. The highest BCUT2D eigenvalue weighted by Gasteiger charge is 2.50. The molecule has 2 amide bonds. The van der Waals surface area contributed by atoms with Crippen LogP contribution < -0.4 is 0 Å². The van der Waals surface area contributed by atoms with Gasteiger partial charge in [0.2, 0.25) is 11.8 Å². The first-order valence-electron chi connectivity index (χ1n) is 6.63. The number of imide groups is 1. The summed E-state index contributed by atoms with van der Waals surface area (Å²) in [6.07, 6.45) is 5.10. The van der Waals surface area contributed by atoms with Crippen LogP contribution in [0.3, 0.4) is 0 Å². The van der Waals surface area contributed by atoms with Gasteiger partial charge in [-0.2, -0.15) is 0 Å². The van der Waals surface area contributed by atoms with Crippen molar-refractivity contribution >= 4 is 23.4 Å². The lowest BCUT2D eigenvalue weighted by molar-refractivity contribution is -0.140. The third-order valence-electron chi connectivity index (χ3n) is 4.62. The fourth-order valence-corrected chi connectivity index (χ4v) is 3.75. The molecule has 3 aliphatic rings. The zero-order valence-electron chi connectivity index (χ0n) is 9.90. The number of halogens is 1. The van der Waals surface area contributed by atoms with E-state index in [-0.39, 0.29) is 23.7 Å². The standard InChI is InChI=1S/C13H18ClNO2/c14-6-8-5-9(8)7-15-12(16)10-3-1-2-4-11(10)13(15)17/h8-11H,1-7H2. The maximum Gasteiger partial charge on any atom is 0.233 e. The van der Waals surface area contributed by atoms with Gasteiger partial charge < -0.3 is 0 Å². The van der Waals surface area contributed by atoms with E-state index in [1.165, 1.54) is 4.90 Å². The molecule has 2 saturated carbocycles. The van der Waals surface area contributed by atoms with E-state index in [1.54, 1.807) is 0 Å². The Morgan fingerprint density at radius 3 is 2.12 bits per heavy atom. The van der Waals surface area contributed by atoms with Gasteiger partial charge in [-0.15, -0.1) is 11.6 Å². The van der Waals surface area contributed by atoms with Crippen LogP contribution in [0, 0.1) is 23.7 Å². The summed E-state index contributed by atoms with van der Waals surface area (Å²) in [6, 6.07) is 0. The van der Waals surface area contributed by atoms with Crippen molar-refractivity contribution in [2.45, 2.75) is 32.1 Å². The first kappa shape index (κ1) is 11.5. The number of hydrogen-bond donors (Lipinski definition) is 0. The Labute approximate surface area is 106 Å². The zero-order chi connectivity index (χ0) is 12.0. The molecule has 3 fully saturated rings. The van der Waals surface area contributed by atoms with Gasteiger partial charge in [0.15, 0.2) is 0 Å². The summed E-state index contributed by atoms with van der Waals surface area (Å²) in [7, 11) is 0. The summed E-state index contributed by atoms with van der Waals surface area (Å²) < 4.78 is 0. The fourth-order valence-electron chi connectivity index (χ4n) is 3.37. The number of carbonyl (C=O) groups excluding carboxylic acids is 2. The van der Waals surface area contributed by atoms with Crippen LogP contribution in [0.5, 0.6) is 0 Å². The van der Waals surface area contributed by atoms with Gasteiger partial charge in [0, 0.05) is 12.4 Å². The van der Waals surface area contributed by atoms with E-state index in [9.17, 15) is 9.59 Å². The van der Waals surface area contributed by atoms with Crippen LogP contribution in [0.2, 0.25) is 0 Å². The number of hydrogen-bond acceptors (Lipinski definition) is 2. The van der Waals surface area contributed by atoms with Crippen LogP contribution in [0.1, 0.15) is 32.1 Å². The zero-order valence-corrected chi connectivity index (χ0v) is 10.7. The van der Waals surface area contributed by atoms with E-state index in [1.807, 2.05) is 0 Å². The largest absolute Gasteiger partial charge is 0.282 e. The van der Waals surface area contributed by atoms with Crippen LogP contribution in [0.25, 0.3) is 0 Å². The molecular formula is C13H18ClNO2. The molecule has 0 spiro atoms. The highest BCUT2D eigenvalue weighted by molar-refractivity contribution is 6.18. The molecule has 0 bridgehead atoms. The lowest BCUT2D eigenvalue weighted by Gasteiger charge is -2.19. The summed E-state index contributed by atoms with van der Waals surface area (Å²) in [4.78, 5) is 25.9. The lowest BCUT2D eigenvalue weighted by atomic mass is 9.81. The van der Waals surface area contributed by atoms with E-state index in [0.717, 1.165) is 32.1 Å². The van der Waals surface area contributed by atoms with Gasteiger partial charge in [0.05, 0.1) is 11.8 Å². The molecule has 1 aliphatic heterocycles. The molecule has 0 aromatic rings. The number of likely N-dealkylation sites (tertiary alicyclic amines) is 1. The van der Waals surface area contributed by atoms with Gasteiger partial charge in [-0.1, -0.05) is 12.8 Å². The Bertz CT molecular complexity index is 333. The second kappa shape index (κ2) is 4.27. The van der Waals surface area contributed by atoms with E-state index >= 15 is 0 Å². The van der Waals surface area contributed by atoms with Gasteiger partial charge >= 0.3 is 0 Å². The number of alkyl halides is 1. The maximum absolute atomic E-state index is 12.2.